The molecule has 0 fully saturated rings. The van der Waals surface area contributed by atoms with Crippen LogP contribution in [0.15, 0.2) is 41.3 Å². The van der Waals surface area contributed by atoms with E-state index < -0.39 is 0 Å². The first-order chi connectivity index (χ1) is 8.78. The number of carbonyl (C=O) groups excluding carboxylic acids is 1. The summed E-state index contributed by atoms with van der Waals surface area (Å²) < 4.78 is 9.87. The lowest BCUT2D eigenvalue weighted by Crippen LogP contribution is -2.24. The highest BCUT2D eigenvalue weighted by molar-refractivity contribution is 5.78. The lowest BCUT2D eigenvalue weighted by Gasteiger charge is -2.04. The Kier molecular flexibility index (Phi) is 3.96. The molecule has 2 aromatic rings. The Morgan fingerprint density at radius 2 is 2.17 bits per heavy atom. The van der Waals surface area contributed by atoms with Gasteiger partial charge in [0.05, 0.1) is 25.8 Å². The summed E-state index contributed by atoms with van der Waals surface area (Å²) >= 11 is 0. The number of nitrogens with one attached hydrogen (secondary N) is 1. The molecule has 0 bridgehead atoms. The van der Waals surface area contributed by atoms with Crippen molar-refractivity contribution in [1.29, 1.82) is 0 Å². The van der Waals surface area contributed by atoms with Crippen LogP contribution >= 0.6 is 0 Å². The third-order valence-electron chi connectivity index (χ3n) is 2.47. The second kappa shape index (κ2) is 5.86. The molecule has 0 saturated carbocycles. The zero-order valence-corrected chi connectivity index (χ0v) is 10.1. The molecular formula is C13H14N2O3. The van der Waals surface area contributed by atoms with Crippen molar-refractivity contribution in [2.75, 3.05) is 7.11 Å². The molecular weight excluding hydrogens is 232 g/mol. The summed E-state index contributed by atoms with van der Waals surface area (Å²) in [6.45, 7) is 0.380. The maximum absolute atomic E-state index is 11.7. The first-order valence-corrected chi connectivity index (χ1v) is 5.54. The van der Waals surface area contributed by atoms with Gasteiger partial charge >= 0.3 is 0 Å². The number of oxazole rings is 1. The molecule has 1 heterocycles. The number of rotatable bonds is 5. The standard InChI is InChI=1S/C13H14N2O3/c1-17-12-4-2-10(3-5-12)6-13(16)14-7-11-8-18-9-15-11/h2-5,8-9H,6-7H2,1H3,(H,14,16). The molecule has 0 aliphatic rings. The Labute approximate surface area is 105 Å². The van der Waals surface area contributed by atoms with Crippen molar-refractivity contribution in [3.05, 3.63) is 48.2 Å². The van der Waals surface area contributed by atoms with Gasteiger partial charge in [-0.1, -0.05) is 12.1 Å². The first-order valence-electron chi connectivity index (χ1n) is 5.54. The van der Waals surface area contributed by atoms with E-state index in [0.29, 0.717) is 18.7 Å². The van der Waals surface area contributed by atoms with E-state index in [1.165, 1.54) is 12.7 Å². The van der Waals surface area contributed by atoms with E-state index in [9.17, 15) is 4.79 Å². The lowest BCUT2D eigenvalue weighted by molar-refractivity contribution is -0.120. The largest absolute Gasteiger partial charge is 0.497 e. The van der Waals surface area contributed by atoms with E-state index in [0.717, 1.165) is 11.3 Å². The molecule has 1 N–H and O–H groups in total. The van der Waals surface area contributed by atoms with Gasteiger partial charge in [-0.3, -0.25) is 4.79 Å². The smallest absolute Gasteiger partial charge is 0.224 e. The number of nitrogens with zero attached hydrogens (tertiary/aromatic N) is 1. The molecule has 5 nitrogen and oxygen atoms in total. The predicted octanol–water partition coefficient (Wildman–Crippen LogP) is 1.54. The monoisotopic (exact) mass is 246 g/mol. The molecule has 0 radical (unpaired) electrons. The molecule has 0 unspecified atom stereocenters. The van der Waals surface area contributed by atoms with E-state index in [2.05, 4.69) is 10.3 Å². The SMILES string of the molecule is COc1ccc(CC(=O)NCc2cocn2)cc1. The molecule has 0 aliphatic carbocycles. The van der Waals surface area contributed by atoms with E-state index >= 15 is 0 Å². The van der Waals surface area contributed by atoms with E-state index in [-0.39, 0.29) is 5.91 Å². The van der Waals surface area contributed by atoms with Gasteiger partial charge in [0.1, 0.15) is 12.0 Å². The van der Waals surface area contributed by atoms with Gasteiger partial charge in [-0.05, 0) is 17.7 Å². The summed E-state index contributed by atoms with van der Waals surface area (Å²) in [7, 11) is 1.61. The minimum absolute atomic E-state index is 0.0526. The number of methoxy groups -OCH3 is 1. The number of ether oxygens (including phenoxy) is 1. The predicted molar refractivity (Wildman–Crippen MR) is 65.0 cm³/mol. The minimum Gasteiger partial charge on any atom is -0.497 e. The van der Waals surface area contributed by atoms with E-state index in [1.54, 1.807) is 7.11 Å². The molecule has 0 aliphatic heterocycles. The third-order valence-corrected chi connectivity index (χ3v) is 2.47. The number of amides is 1. The zero-order valence-electron chi connectivity index (χ0n) is 10.1. The van der Waals surface area contributed by atoms with Crippen LogP contribution in [0.4, 0.5) is 0 Å². The van der Waals surface area contributed by atoms with Gasteiger partial charge in [0.25, 0.3) is 0 Å². The molecule has 0 saturated heterocycles. The van der Waals surface area contributed by atoms with Crippen molar-refractivity contribution in [2.24, 2.45) is 0 Å². The lowest BCUT2D eigenvalue weighted by atomic mass is 10.1. The Balaban J connectivity index is 1.83. The number of benzene rings is 1. The zero-order chi connectivity index (χ0) is 12.8. The van der Waals surface area contributed by atoms with Gasteiger partial charge in [0, 0.05) is 0 Å². The second-order valence-corrected chi connectivity index (χ2v) is 3.78. The molecule has 5 heteroatoms. The highest BCUT2D eigenvalue weighted by Crippen LogP contribution is 2.11. The highest BCUT2D eigenvalue weighted by Gasteiger charge is 2.04. The van der Waals surface area contributed by atoms with Crippen LogP contribution in [0.2, 0.25) is 0 Å². The molecule has 0 atom stereocenters. The molecule has 1 aromatic heterocycles. The van der Waals surface area contributed by atoms with Crippen molar-refractivity contribution in [3.63, 3.8) is 0 Å². The van der Waals surface area contributed by atoms with Crippen LogP contribution in [0.5, 0.6) is 5.75 Å². The van der Waals surface area contributed by atoms with Crippen molar-refractivity contribution >= 4 is 5.91 Å². The Morgan fingerprint density at radius 3 is 2.78 bits per heavy atom. The molecule has 0 spiro atoms. The van der Waals surface area contributed by atoms with E-state index in [4.69, 9.17) is 9.15 Å². The first kappa shape index (κ1) is 12.2. The van der Waals surface area contributed by atoms with Crippen LogP contribution in [-0.4, -0.2) is 18.0 Å². The average molecular weight is 246 g/mol. The second-order valence-electron chi connectivity index (χ2n) is 3.78. The van der Waals surface area contributed by atoms with Crippen molar-refractivity contribution in [1.82, 2.24) is 10.3 Å². The fourth-order valence-corrected chi connectivity index (χ4v) is 1.51. The Morgan fingerprint density at radius 1 is 1.39 bits per heavy atom. The van der Waals surface area contributed by atoms with E-state index in [1.807, 2.05) is 24.3 Å². The topological polar surface area (TPSA) is 64.4 Å². The van der Waals surface area contributed by atoms with Crippen LogP contribution < -0.4 is 10.1 Å². The summed E-state index contributed by atoms with van der Waals surface area (Å²) in [5.74, 6) is 0.727. The van der Waals surface area contributed by atoms with Gasteiger partial charge in [-0.25, -0.2) is 4.98 Å². The fourth-order valence-electron chi connectivity index (χ4n) is 1.51. The molecule has 1 amide bonds. The Hall–Kier alpha value is -2.30. The number of hydrogen-bond donors (Lipinski definition) is 1. The van der Waals surface area contributed by atoms with Gasteiger partial charge < -0.3 is 14.5 Å². The Bertz CT molecular complexity index is 491. The summed E-state index contributed by atoms with van der Waals surface area (Å²) in [5, 5.41) is 2.77. The van der Waals surface area contributed by atoms with Crippen LogP contribution in [-0.2, 0) is 17.8 Å². The summed E-state index contributed by atoms with van der Waals surface area (Å²) in [5.41, 5.74) is 1.64. The van der Waals surface area contributed by atoms with Gasteiger partial charge in [0.15, 0.2) is 6.39 Å². The number of aromatic nitrogens is 1. The van der Waals surface area contributed by atoms with Crippen LogP contribution in [0, 0.1) is 0 Å². The molecule has 18 heavy (non-hydrogen) atoms. The summed E-state index contributed by atoms with van der Waals surface area (Å²) in [6, 6.07) is 7.41. The molecule has 2 rings (SSSR count). The third kappa shape index (κ3) is 3.35. The summed E-state index contributed by atoms with van der Waals surface area (Å²) in [4.78, 5) is 15.6. The van der Waals surface area contributed by atoms with Crippen LogP contribution in [0.1, 0.15) is 11.3 Å². The number of carbonyl (C=O) groups is 1. The minimum atomic E-state index is -0.0526. The molecule has 1 aromatic carbocycles. The maximum atomic E-state index is 11.7. The fraction of sp³-hybridized carbons (Fsp3) is 0.231. The van der Waals surface area contributed by atoms with Crippen molar-refractivity contribution in [2.45, 2.75) is 13.0 Å². The van der Waals surface area contributed by atoms with Crippen molar-refractivity contribution in [3.8, 4) is 5.75 Å². The van der Waals surface area contributed by atoms with Gasteiger partial charge in [-0.15, -0.1) is 0 Å². The van der Waals surface area contributed by atoms with Gasteiger partial charge in [0.2, 0.25) is 5.91 Å². The number of hydrogen-bond acceptors (Lipinski definition) is 4. The van der Waals surface area contributed by atoms with Crippen LogP contribution in [0.3, 0.4) is 0 Å². The van der Waals surface area contributed by atoms with Crippen molar-refractivity contribution < 1.29 is 13.9 Å². The maximum Gasteiger partial charge on any atom is 0.224 e. The average Bonchev–Trinajstić information content (AvgIpc) is 2.90. The van der Waals surface area contributed by atoms with Gasteiger partial charge in [-0.2, -0.15) is 0 Å². The quantitative estimate of drug-likeness (QED) is 0.869. The summed E-state index contributed by atoms with van der Waals surface area (Å²) in [6.07, 6.45) is 3.18. The molecule has 94 valence electrons. The highest BCUT2D eigenvalue weighted by atomic mass is 16.5. The van der Waals surface area contributed by atoms with Crippen LogP contribution in [0.25, 0.3) is 0 Å². The normalized spacial score (nSPS) is 10.1.